The number of halogens is 2. The molecule has 2 aromatic carbocycles. The highest BCUT2D eigenvalue weighted by Crippen LogP contribution is 2.30. The molecular formula is C18H21ClFN3O2S. The van der Waals surface area contributed by atoms with Gasteiger partial charge in [-0.1, -0.05) is 36.7 Å². The van der Waals surface area contributed by atoms with Crippen LogP contribution in [0.1, 0.15) is 6.92 Å². The van der Waals surface area contributed by atoms with Crippen molar-refractivity contribution in [2.45, 2.75) is 11.8 Å². The lowest BCUT2D eigenvalue weighted by Gasteiger charge is -2.36. The van der Waals surface area contributed by atoms with Gasteiger partial charge < -0.3 is 9.80 Å². The monoisotopic (exact) mass is 397 g/mol. The number of rotatable bonds is 5. The summed E-state index contributed by atoms with van der Waals surface area (Å²) >= 11 is 5.72. The zero-order valence-corrected chi connectivity index (χ0v) is 16.0. The van der Waals surface area contributed by atoms with Gasteiger partial charge in [0.05, 0.1) is 16.4 Å². The topological polar surface area (TPSA) is 52.6 Å². The van der Waals surface area contributed by atoms with Crippen LogP contribution in [0.15, 0.2) is 47.4 Å². The Bertz CT molecular complexity index is 884. The van der Waals surface area contributed by atoms with Gasteiger partial charge in [0.15, 0.2) is 5.82 Å². The Hall–Kier alpha value is -1.83. The number of sulfonamides is 1. The number of hydrogen-bond acceptors (Lipinski definition) is 4. The minimum atomic E-state index is -4.09. The smallest absolute Gasteiger partial charge is 0.264 e. The number of para-hydroxylation sites is 2. The molecule has 0 atom stereocenters. The summed E-state index contributed by atoms with van der Waals surface area (Å²) in [5, 5.41) is -0.225. The summed E-state index contributed by atoms with van der Waals surface area (Å²) < 4.78 is 42.0. The lowest BCUT2D eigenvalue weighted by Crippen LogP contribution is -2.46. The van der Waals surface area contributed by atoms with E-state index < -0.39 is 20.7 Å². The molecular weight excluding hydrogens is 377 g/mol. The third-order valence-electron chi connectivity index (χ3n) is 4.51. The highest BCUT2D eigenvalue weighted by atomic mass is 35.5. The van der Waals surface area contributed by atoms with Gasteiger partial charge in [-0.05, 0) is 30.8 Å². The number of anilines is 2. The third-order valence-corrected chi connectivity index (χ3v) is 6.19. The van der Waals surface area contributed by atoms with Gasteiger partial charge in [-0.2, -0.15) is 0 Å². The molecule has 26 heavy (non-hydrogen) atoms. The highest BCUT2D eigenvalue weighted by molar-refractivity contribution is 7.92. The Morgan fingerprint density at radius 3 is 2.46 bits per heavy atom. The van der Waals surface area contributed by atoms with E-state index in [-0.39, 0.29) is 5.02 Å². The molecule has 0 aromatic heterocycles. The number of nitrogens with one attached hydrogen (secondary N) is 1. The van der Waals surface area contributed by atoms with Gasteiger partial charge in [0.25, 0.3) is 10.0 Å². The van der Waals surface area contributed by atoms with E-state index in [1.807, 2.05) is 12.1 Å². The largest absolute Gasteiger partial charge is 0.367 e. The molecule has 1 aliphatic heterocycles. The molecule has 0 saturated carbocycles. The minimum Gasteiger partial charge on any atom is -0.367 e. The number of hydrogen-bond donors (Lipinski definition) is 1. The van der Waals surface area contributed by atoms with Crippen LogP contribution in [0.5, 0.6) is 0 Å². The second-order valence-electron chi connectivity index (χ2n) is 6.10. The van der Waals surface area contributed by atoms with E-state index >= 15 is 0 Å². The van der Waals surface area contributed by atoms with Crippen LogP contribution in [-0.2, 0) is 10.0 Å². The predicted molar refractivity (Wildman–Crippen MR) is 103 cm³/mol. The first-order valence-electron chi connectivity index (χ1n) is 8.45. The van der Waals surface area contributed by atoms with Crippen LogP contribution >= 0.6 is 11.6 Å². The van der Waals surface area contributed by atoms with E-state index in [9.17, 15) is 12.8 Å². The normalized spacial score (nSPS) is 15.9. The number of nitrogens with zero attached hydrogens (tertiary/aromatic N) is 2. The van der Waals surface area contributed by atoms with Crippen LogP contribution in [0.25, 0.3) is 0 Å². The average Bonchev–Trinajstić information content (AvgIpc) is 2.64. The lowest BCUT2D eigenvalue weighted by atomic mass is 10.2. The van der Waals surface area contributed by atoms with Crippen molar-refractivity contribution in [1.82, 2.24) is 4.90 Å². The third kappa shape index (κ3) is 3.95. The number of likely N-dealkylation sites (N-methyl/N-ethyl adjacent to an activating group) is 1. The zero-order valence-electron chi connectivity index (χ0n) is 14.5. The average molecular weight is 398 g/mol. The number of benzene rings is 2. The van der Waals surface area contributed by atoms with Crippen molar-refractivity contribution in [1.29, 1.82) is 0 Å². The molecule has 1 fully saturated rings. The Morgan fingerprint density at radius 2 is 1.77 bits per heavy atom. The Labute approximate surface area is 158 Å². The summed E-state index contributed by atoms with van der Waals surface area (Å²) in [6.45, 7) is 6.56. The second kappa shape index (κ2) is 7.82. The molecule has 3 rings (SSSR count). The van der Waals surface area contributed by atoms with Gasteiger partial charge >= 0.3 is 0 Å². The van der Waals surface area contributed by atoms with Crippen LogP contribution < -0.4 is 9.62 Å². The van der Waals surface area contributed by atoms with Crippen molar-refractivity contribution < 1.29 is 12.8 Å². The zero-order chi connectivity index (χ0) is 18.7. The first kappa shape index (κ1) is 18.9. The van der Waals surface area contributed by atoms with Crippen LogP contribution in [0.4, 0.5) is 15.8 Å². The van der Waals surface area contributed by atoms with Gasteiger partial charge in [-0.3, -0.25) is 4.72 Å². The summed E-state index contributed by atoms with van der Waals surface area (Å²) in [6.07, 6.45) is 0. The Kier molecular flexibility index (Phi) is 5.70. The van der Waals surface area contributed by atoms with E-state index in [0.717, 1.165) is 38.4 Å². The fourth-order valence-electron chi connectivity index (χ4n) is 3.03. The van der Waals surface area contributed by atoms with Gasteiger partial charge in [0.1, 0.15) is 4.90 Å². The van der Waals surface area contributed by atoms with E-state index in [1.54, 1.807) is 12.1 Å². The summed E-state index contributed by atoms with van der Waals surface area (Å²) in [5.74, 6) is -0.948. The SMILES string of the molecule is CCN1CCN(c2ccccc2NS(=O)(=O)c2cccc(Cl)c2F)CC1. The van der Waals surface area contributed by atoms with Crippen molar-refractivity contribution in [2.75, 3.05) is 42.3 Å². The first-order valence-corrected chi connectivity index (χ1v) is 10.3. The maximum absolute atomic E-state index is 14.2. The molecule has 0 amide bonds. The van der Waals surface area contributed by atoms with Gasteiger partial charge in [0.2, 0.25) is 0 Å². The Balaban J connectivity index is 1.88. The molecule has 2 aromatic rings. The van der Waals surface area contributed by atoms with E-state index in [0.29, 0.717) is 5.69 Å². The summed E-state index contributed by atoms with van der Waals surface area (Å²) in [6, 6.07) is 11.1. The fourth-order valence-corrected chi connectivity index (χ4v) is 4.44. The van der Waals surface area contributed by atoms with Crippen LogP contribution in [0.2, 0.25) is 5.02 Å². The molecule has 0 spiro atoms. The van der Waals surface area contributed by atoms with Crippen LogP contribution in [0, 0.1) is 5.82 Å². The van der Waals surface area contributed by atoms with E-state index in [1.165, 1.54) is 18.2 Å². The van der Waals surface area contributed by atoms with Crippen molar-refractivity contribution >= 4 is 33.0 Å². The Morgan fingerprint density at radius 1 is 1.08 bits per heavy atom. The first-order chi connectivity index (χ1) is 12.4. The number of piperazine rings is 1. The summed E-state index contributed by atoms with van der Waals surface area (Å²) in [5.41, 5.74) is 1.21. The minimum absolute atomic E-state index is 0.225. The van der Waals surface area contributed by atoms with E-state index in [4.69, 9.17) is 11.6 Å². The van der Waals surface area contributed by atoms with Crippen molar-refractivity contribution in [3.63, 3.8) is 0 Å². The second-order valence-corrected chi connectivity index (χ2v) is 8.15. The molecule has 0 radical (unpaired) electrons. The summed E-state index contributed by atoms with van der Waals surface area (Å²) in [7, 11) is -4.09. The van der Waals surface area contributed by atoms with Gasteiger partial charge in [0, 0.05) is 26.2 Å². The maximum Gasteiger partial charge on any atom is 0.264 e. The molecule has 0 bridgehead atoms. The molecule has 1 N–H and O–H groups in total. The highest BCUT2D eigenvalue weighted by Gasteiger charge is 2.24. The molecule has 140 valence electrons. The van der Waals surface area contributed by atoms with Crippen LogP contribution in [-0.4, -0.2) is 46.0 Å². The molecule has 0 aliphatic carbocycles. The molecule has 8 heteroatoms. The molecule has 1 saturated heterocycles. The van der Waals surface area contributed by atoms with Crippen molar-refractivity contribution in [3.05, 3.63) is 53.3 Å². The molecule has 1 aliphatic rings. The van der Waals surface area contributed by atoms with Crippen molar-refractivity contribution in [3.8, 4) is 0 Å². The molecule has 0 unspecified atom stereocenters. The molecule has 1 heterocycles. The van der Waals surface area contributed by atoms with E-state index in [2.05, 4.69) is 21.4 Å². The van der Waals surface area contributed by atoms with Crippen LogP contribution in [0.3, 0.4) is 0 Å². The predicted octanol–water partition coefficient (Wildman–Crippen LogP) is 3.42. The summed E-state index contributed by atoms with van der Waals surface area (Å²) in [4.78, 5) is 4.01. The maximum atomic E-state index is 14.2. The molecule has 5 nitrogen and oxygen atoms in total. The fraction of sp³-hybridized carbons (Fsp3) is 0.333. The van der Waals surface area contributed by atoms with Crippen molar-refractivity contribution in [2.24, 2.45) is 0 Å². The van der Waals surface area contributed by atoms with Gasteiger partial charge in [-0.25, -0.2) is 12.8 Å². The van der Waals surface area contributed by atoms with Gasteiger partial charge in [-0.15, -0.1) is 0 Å². The standard InChI is InChI=1S/C18H21ClFN3O2S/c1-2-22-10-12-23(13-11-22)16-8-4-3-7-15(16)21-26(24,25)17-9-5-6-14(19)18(17)20/h3-9,21H,2,10-13H2,1H3. The quantitative estimate of drug-likeness (QED) is 0.839. The lowest BCUT2D eigenvalue weighted by molar-refractivity contribution is 0.271.